The van der Waals surface area contributed by atoms with E-state index in [1.54, 1.807) is 6.07 Å². The number of sulfonamides is 1. The van der Waals surface area contributed by atoms with Gasteiger partial charge in [-0.3, -0.25) is 4.79 Å². The van der Waals surface area contributed by atoms with Crippen LogP contribution < -0.4 is 4.72 Å². The van der Waals surface area contributed by atoms with Gasteiger partial charge in [0.15, 0.2) is 0 Å². The first-order valence-corrected chi connectivity index (χ1v) is 7.64. The first-order chi connectivity index (χ1) is 9.36. The fraction of sp³-hybridized carbons (Fsp3) is 0.333. The van der Waals surface area contributed by atoms with Crippen LogP contribution in [0.5, 0.6) is 0 Å². The fourth-order valence-electron chi connectivity index (χ4n) is 1.50. The van der Waals surface area contributed by atoms with Crippen LogP contribution in [0.25, 0.3) is 0 Å². The van der Waals surface area contributed by atoms with Crippen LogP contribution in [-0.2, 0) is 14.8 Å². The lowest BCUT2D eigenvalue weighted by Crippen LogP contribution is -2.25. The van der Waals surface area contributed by atoms with Crippen molar-refractivity contribution in [1.82, 2.24) is 4.72 Å². The van der Waals surface area contributed by atoms with E-state index in [0.29, 0.717) is 12.8 Å². The third-order valence-corrected chi connectivity index (χ3v) is 4.20. The van der Waals surface area contributed by atoms with E-state index in [-0.39, 0.29) is 28.4 Å². The van der Waals surface area contributed by atoms with Gasteiger partial charge in [-0.15, -0.1) is 0 Å². The Morgan fingerprint density at radius 1 is 1.40 bits per heavy atom. The molecule has 0 aromatic heterocycles. The summed E-state index contributed by atoms with van der Waals surface area (Å²) in [6.07, 6.45) is 0.759. The zero-order valence-electron chi connectivity index (χ0n) is 10.5. The maximum atomic E-state index is 12.0. The Kier molecular flexibility index (Phi) is 5.95. The normalized spacial score (nSPS) is 11.0. The maximum absolute atomic E-state index is 12.0. The molecule has 6 nitrogen and oxygen atoms in total. The predicted molar refractivity (Wildman–Crippen MR) is 72.8 cm³/mol. The van der Waals surface area contributed by atoms with E-state index < -0.39 is 16.0 Å². The smallest absolute Gasteiger partial charge is 0.303 e. The predicted octanol–water partition coefficient (Wildman–Crippen LogP) is 1.74. The summed E-state index contributed by atoms with van der Waals surface area (Å²) in [5.74, 6) is -0.922. The van der Waals surface area contributed by atoms with Gasteiger partial charge in [-0.1, -0.05) is 11.6 Å². The van der Waals surface area contributed by atoms with Crippen molar-refractivity contribution >= 4 is 27.6 Å². The molecule has 0 bridgehead atoms. The molecule has 0 aliphatic heterocycles. The summed E-state index contributed by atoms with van der Waals surface area (Å²) < 4.78 is 26.4. The van der Waals surface area contributed by atoms with Crippen LogP contribution in [0.15, 0.2) is 23.1 Å². The Labute approximate surface area is 122 Å². The van der Waals surface area contributed by atoms with Crippen molar-refractivity contribution in [3.63, 3.8) is 0 Å². The lowest BCUT2D eigenvalue weighted by Gasteiger charge is -2.08. The second-order valence-electron chi connectivity index (χ2n) is 4.00. The van der Waals surface area contributed by atoms with Gasteiger partial charge in [0.1, 0.15) is 11.0 Å². The SMILES string of the molecule is N#Cc1ccc(Cl)cc1S(=O)(=O)NCCCCC(=O)O. The van der Waals surface area contributed by atoms with Crippen molar-refractivity contribution in [2.75, 3.05) is 6.54 Å². The summed E-state index contributed by atoms with van der Waals surface area (Å²) in [5.41, 5.74) is 0.00689. The number of unbranched alkanes of at least 4 members (excludes halogenated alkanes) is 1. The summed E-state index contributed by atoms with van der Waals surface area (Å²) in [6, 6.07) is 5.77. The first-order valence-electron chi connectivity index (χ1n) is 5.78. The Hall–Kier alpha value is -1.62. The van der Waals surface area contributed by atoms with Gasteiger partial charge in [0, 0.05) is 18.0 Å². The van der Waals surface area contributed by atoms with Crippen molar-refractivity contribution in [1.29, 1.82) is 5.26 Å². The highest BCUT2D eigenvalue weighted by Crippen LogP contribution is 2.20. The number of hydrogen-bond acceptors (Lipinski definition) is 4. The van der Waals surface area contributed by atoms with Gasteiger partial charge >= 0.3 is 5.97 Å². The number of aliphatic carboxylic acids is 1. The molecule has 0 unspecified atom stereocenters. The average molecular weight is 317 g/mol. The van der Waals surface area contributed by atoms with E-state index in [9.17, 15) is 13.2 Å². The largest absolute Gasteiger partial charge is 0.481 e. The minimum Gasteiger partial charge on any atom is -0.481 e. The number of nitrogens with zero attached hydrogens (tertiary/aromatic N) is 1. The van der Waals surface area contributed by atoms with Crippen LogP contribution in [-0.4, -0.2) is 26.0 Å². The highest BCUT2D eigenvalue weighted by Gasteiger charge is 2.18. The molecule has 2 N–H and O–H groups in total. The van der Waals surface area contributed by atoms with Crippen LogP contribution >= 0.6 is 11.6 Å². The van der Waals surface area contributed by atoms with Gasteiger partial charge in [-0.05, 0) is 31.0 Å². The quantitative estimate of drug-likeness (QED) is 0.745. The minimum atomic E-state index is -3.83. The van der Waals surface area contributed by atoms with E-state index in [0.717, 1.165) is 0 Å². The van der Waals surface area contributed by atoms with Gasteiger partial charge in [0.2, 0.25) is 10.0 Å². The molecular formula is C12H13ClN2O4S. The van der Waals surface area contributed by atoms with Crippen molar-refractivity contribution < 1.29 is 18.3 Å². The lowest BCUT2D eigenvalue weighted by atomic mass is 10.2. The molecule has 0 aliphatic carbocycles. The maximum Gasteiger partial charge on any atom is 0.303 e. The number of rotatable bonds is 7. The molecule has 0 saturated carbocycles. The molecule has 0 fully saturated rings. The zero-order valence-corrected chi connectivity index (χ0v) is 12.0. The van der Waals surface area contributed by atoms with E-state index in [2.05, 4.69) is 4.72 Å². The molecule has 0 amide bonds. The van der Waals surface area contributed by atoms with Gasteiger partial charge in [0.25, 0.3) is 0 Å². The molecule has 1 rings (SSSR count). The summed E-state index contributed by atoms with van der Waals surface area (Å²) >= 11 is 5.73. The summed E-state index contributed by atoms with van der Waals surface area (Å²) in [5, 5.41) is 17.6. The molecule has 108 valence electrons. The van der Waals surface area contributed by atoms with Crippen molar-refractivity contribution in [3.05, 3.63) is 28.8 Å². The zero-order chi connectivity index (χ0) is 15.2. The number of carboxylic acids is 1. The molecule has 0 radical (unpaired) electrons. The second-order valence-corrected chi connectivity index (χ2v) is 6.17. The third kappa shape index (κ3) is 4.81. The van der Waals surface area contributed by atoms with Crippen LogP contribution in [0.2, 0.25) is 5.02 Å². The number of nitrogens with one attached hydrogen (secondary N) is 1. The number of carbonyl (C=O) groups is 1. The van der Waals surface area contributed by atoms with Crippen molar-refractivity contribution in [2.24, 2.45) is 0 Å². The highest BCUT2D eigenvalue weighted by molar-refractivity contribution is 7.89. The molecule has 0 atom stereocenters. The molecule has 0 aliphatic rings. The lowest BCUT2D eigenvalue weighted by molar-refractivity contribution is -0.137. The van der Waals surface area contributed by atoms with Crippen LogP contribution in [0.3, 0.4) is 0 Å². The Bertz CT molecular complexity index is 637. The molecule has 1 aromatic carbocycles. The van der Waals surface area contributed by atoms with E-state index >= 15 is 0 Å². The second kappa shape index (κ2) is 7.24. The van der Waals surface area contributed by atoms with Crippen molar-refractivity contribution in [3.8, 4) is 6.07 Å². The van der Waals surface area contributed by atoms with Gasteiger partial charge in [-0.2, -0.15) is 5.26 Å². The molecular weight excluding hydrogens is 304 g/mol. The number of benzene rings is 1. The third-order valence-electron chi connectivity index (χ3n) is 2.46. The summed E-state index contributed by atoms with van der Waals surface area (Å²) in [7, 11) is -3.83. The van der Waals surface area contributed by atoms with Crippen LogP contribution in [0.1, 0.15) is 24.8 Å². The van der Waals surface area contributed by atoms with Crippen LogP contribution in [0, 0.1) is 11.3 Å². The number of nitriles is 1. The van der Waals surface area contributed by atoms with Crippen molar-refractivity contribution in [2.45, 2.75) is 24.2 Å². The Morgan fingerprint density at radius 2 is 2.10 bits per heavy atom. The summed E-state index contributed by atoms with van der Waals surface area (Å²) in [4.78, 5) is 10.1. The summed E-state index contributed by atoms with van der Waals surface area (Å²) in [6.45, 7) is 0.104. The standard InChI is InChI=1S/C12H13ClN2O4S/c13-10-5-4-9(8-14)11(7-10)20(18,19)15-6-2-1-3-12(16)17/h4-5,7,15H,1-3,6H2,(H,16,17). The molecule has 8 heteroatoms. The van der Waals surface area contributed by atoms with Gasteiger partial charge in [-0.25, -0.2) is 13.1 Å². The first kappa shape index (κ1) is 16.4. The Morgan fingerprint density at radius 3 is 2.70 bits per heavy atom. The monoisotopic (exact) mass is 316 g/mol. The number of hydrogen-bond donors (Lipinski definition) is 2. The van der Waals surface area contributed by atoms with Crippen LogP contribution in [0.4, 0.5) is 0 Å². The van der Waals surface area contributed by atoms with E-state index in [1.807, 2.05) is 0 Å². The number of carboxylic acid groups (broad SMARTS) is 1. The fourth-order valence-corrected chi connectivity index (χ4v) is 2.99. The Balaban J connectivity index is 2.72. The molecule has 0 spiro atoms. The molecule has 0 heterocycles. The highest BCUT2D eigenvalue weighted by atomic mass is 35.5. The molecule has 0 saturated heterocycles. The van der Waals surface area contributed by atoms with Gasteiger partial charge in [0.05, 0.1) is 5.56 Å². The average Bonchev–Trinajstić information content (AvgIpc) is 2.37. The number of halogens is 1. The van der Waals surface area contributed by atoms with Gasteiger partial charge < -0.3 is 5.11 Å². The van der Waals surface area contributed by atoms with E-state index in [4.69, 9.17) is 22.0 Å². The topological polar surface area (TPSA) is 107 Å². The van der Waals surface area contributed by atoms with E-state index in [1.165, 1.54) is 18.2 Å². The minimum absolute atomic E-state index is 0.00689. The molecule has 20 heavy (non-hydrogen) atoms. The molecule has 1 aromatic rings.